The minimum absolute atomic E-state index is 0. The van der Waals surface area contributed by atoms with Crippen molar-refractivity contribution in [3.05, 3.63) is 0 Å². The smallest absolute Gasteiger partial charge is 1.00 e. The first-order valence-corrected chi connectivity index (χ1v) is 8.12. The number of hydrogen-bond donors (Lipinski definition) is 0. The van der Waals surface area contributed by atoms with Gasteiger partial charge in [-0.25, -0.2) is 0 Å². The maximum atomic E-state index is 5.41. The Morgan fingerprint density at radius 3 is 1.32 bits per heavy atom. The molecule has 3 heteroatoms. The van der Waals surface area contributed by atoms with Crippen LogP contribution >= 0.6 is 0 Å². The van der Waals surface area contributed by atoms with Crippen LogP contribution in [0, 0.1) is 21.7 Å². The van der Waals surface area contributed by atoms with Gasteiger partial charge in [-0.05, 0) is 34.5 Å². The summed E-state index contributed by atoms with van der Waals surface area (Å²) >= 11 is 0.858. The molecule has 0 aliphatic rings. The summed E-state index contributed by atoms with van der Waals surface area (Å²) in [5, 5.41) is 0. The maximum Gasteiger partial charge on any atom is 1.00 e. The zero-order chi connectivity index (χ0) is 14.8. The molecule has 1 nitrogen and oxygen atoms in total. The van der Waals surface area contributed by atoms with Crippen LogP contribution in [0.4, 0.5) is 0 Å². The molecule has 0 saturated carbocycles. The standard InChI is InChI=1S/C16H33O.Al.Li.3H/c1-13(2,3)16(11-10-12-17,14(4,5)6)15(7,8)9;;;;;/h10-12H2,1-9H3;;;;;/q-1;2*+1;;;-1. The van der Waals surface area contributed by atoms with Gasteiger partial charge in [0.1, 0.15) is 0 Å². The van der Waals surface area contributed by atoms with Crippen molar-refractivity contribution >= 4 is 16.6 Å². The third kappa shape index (κ3) is 4.80. The predicted octanol–water partition coefficient (Wildman–Crippen LogP) is 1.57. The monoisotopic (exact) mass is 278 g/mol. The Kier molecular flexibility index (Phi) is 8.69. The van der Waals surface area contributed by atoms with Gasteiger partial charge in [0.25, 0.3) is 0 Å². The van der Waals surface area contributed by atoms with E-state index in [0.717, 1.165) is 23.2 Å². The molecule has 0 aromatic carbocycles. The average Bonchev–Trinajstić information content (AvgIpc) is 2.05. The van der Waals surface area contributed by atoms with Crippen LogP contribution in [-0.2, 0) is 3.79 Å². The Bertz CT molecular complexity index is 225. The molecule has 0 rings (SSSR count). The van der Waals surface area contributed by atoms with Crippen LogP contribution in [0.5, 0.6) is 0 Å². The van der Waals surface area contributed by atoms with Gasteiger partial charge in [-0.2, -0.15) is 0 Å². The Balaban J connectivity index is -0.00000144. The molecule has 0 spiro atoms. The first kappa shape index (κ1) is 22.4. The van der Waals surface area contributed by atoms with Crippen LogP contribution in [0.3, 0.4) is 0 Å². The zero-order valence-electron chi connectivity index (χ0n) is 16.5. The van der Waals surface area contributed by atoms with Crippen molar-refractivity contribution in [2.45, 2.75) is 75.2 Å². The number of rotatable bonds is 4. The summed E-state index contributed by atoms with van der Waals surface area (Å²) in [5.41, 5.74) is 1.16. The summed E-state index contributed by atoms with van der Waals surface area (Å²) in [6, 6.07) is 0. The molecule has 19 heavy (non-hydrogen) atoms. The Morgan fingerprint density at radius 2 is 1.11 bits per heavy atom. The van der Waals surface area contributed by atoms with E-state index < -0.39 is 0 Å². The van der Waals surface area contributed by atoms with Crippen LogP contribution in [0.25, 0.3) is 0 Å². The molecule has 0 unspecified atom stereocenters. The van der Waals surface area contributed by atoms with Gasteiger partial charge in [-0.1, -0.05) is 62.3 Å². The molecule has 0 fully saturated rings. The molecule has 0 heterocycles. The van der Waals surface area contributed by atoms with E-state index in [2.05, 4.69) is 62.3 Å². The molecule has 0 N–H and O–H groups in total. The van der Waals surface area contributed by atoms with E-state index in [0.29, 0.717) is 5.41 Å². The summed E-state index contributed by atoms with van der Waals surface area (Å²) in [4.78, 5) is 0. The second kappa shape index (κ2) is 7.38. The summed E-state index contributed by atoms with van der Waals surface area (Å²) in [7, 11) is 0. The quantitative estimate of drug-likeness (QED) is 0.560. The largest absolute Gasteiger partial charge is 1.00 e. The topological polar surface area (TPSA) is 9.23 Å². The van der Waals surface area contributed by atoms with Gasteiger partial charge < -0.3 is 5.22 Å². The van der Waals surface area contributed by atoms with Crippen LogP contribution in [0.15, 0.2) is 0 Å². The molecule has 0 aromatic heterocycles. The third-order valence-corrected chi connectivity index (χ3v) is 5.15. The summed E-state index contributed by atoms with van der Waals surface area (Å²) in [5.74, 6) is 0. The molecule has 0 saturated heterocycles. The molecule has 0 aromatic rings. The van der Waals surface area contributed by atoms with Gasteiger partial charge in [0.05, 0.1) is 0 Å². The second-order valence-corrected chi connectivity index (χ2v) is 9.33. The second-order valence-electron chi connectivity index (χ2n) is 8.75. The fourth-order valence-corrected chi connectivity index (χ4v) is 5.27. The first-order valence-electron chi connectivity index (χ1n) is 7.30. The molecule has 0 amide bonds. The van der Waals surface area contributed by atoms with E-state index >= 15 is 0 Å². The fourth-order valence-electron chi connectivity index (χ4n) is 4.98. The van der Waals surface area contributed by atoms with Crippen molar-refractivity contribution in [1.29, 1.82) is 0 Å². The van der Waals surface area contributed by atoms with E-state index in [1.165, 1.54) is 12.8 Å². The van der Waals surface area contributed by atoms with E-state index in [9.17, 15) is 0 Å². The molecule has 0 atom stereocenters. The van der Waals surface area contributed by atoms with Crippen molar-refractivity contribution in [2.75, 3.05) is 6.61 Å². The summed E-state index contributed by atoms with van der Waals surface area (Å²) < 4.78 is 5.41. The average molecular weight is 278 g/mol. The predicted molar refractivity (Wildman–Crippen MR) is 85.6 cm³/mol. The van der Waals surface area contributed by atoms with Gasteiger partial charge in [0.2, 0.25) is 0 Å². The molecule has 0 bridgehead atoms. The van der Waals surface area contributed by atoms with Crippen molar-refractivity contribution in [1.82, 2.24) is 0 Å². The van der Waals surface area contributed by atoms with E-state index in [4.69, 9.17) is 3.79 Å². The molecule has 0 radical (unpaired) electrons. The molecule has 110 valence electrons. The van der Waals surface area contributed by atoms with Gasteiger partial charge in [-0.15, -0.1) is 0 Å². The normalized spacial score (nSPS) is 14.2. The summed E-state index contributed by atoms with van der Waals surface area (Å²) in [6.07, 6.45) is 2.42. The minimum Gasteiger partial charge on any atom is -1.00 e. The summed E-state index contributed by atoms with van der Waals surface area (Å²) in [6.45, 7) is 22.6. The van der Waals surface area contributed by atoms with E-state index in [1.807, 2.05) is 0 Å². The third-order valence-electron chi connectivity index (χ3n) is 4.74. The van der Waals surface area contributed by atoms with Crippen LogP contribution in [-0.4, -0.2) is 23.2 Å². The molecular weight excluding hydrogens is 242 g/mol. The minimum atomic E-state index is 0. The van der Waals surface area contributed by atoms with Gasteiger partial charge in [0.15, 0.2) is 0 Å². The van der Waals surface area contributed by atoms with Gasteiger partial charge >= 0.3 is 35.5 Å². The maximum absolute atomic E-state index is 5.41. The Morgan fingerprint density at radius 1 is 0.789 bits per heavy atom. The first-order chi connectivity index (χ1) is 7.81. The SMILES string of the molecule is CC(C)(C)C(CCC[O][AlH2])(C(C)(C)C)C(C)(C)C.[H-].[Li+]. The molecule has 0 aliphatic heterocycles. The van der Waals surface area contributed by atoms with Gasteiger partial charge in [0, 0.05) is 6.61 Å². The van der Waals surface area contributed by atoms with Crippen LogP contribution in [0.2, 0.25) is 0 Å². The van der Waals surface area contributed by atoms with Gasteiger partial charge in [-0.3, -0.25) is 0 Å². The van der Waals surface area contributed by atoms with Crippen molar-refractivity contribution in [3.63, 3.8) is 0 Å². The Hall–Kier alpha value is 1.09. The fraction of sp³-hybridized carbons (Fsp3) is 1.00. The van der Waals surface area contributed by atoms with Crippen molar-refractivity contribution in [3.8, 4) is 0 Å². The van der Waals surface area contributed by atoms with E-state index in [1.54, 1.807) is 0 Å². The van der Waals surface area contributed by atoms with Crippen LogP contribution in [0.1, 0.15) is 76.6 Å². The Labute approximate surface area is 144 Å². The molecular formula is C16H36AlLiO. The van der Waals surface area contributed by atoms with Crippen LogP contribution < -0.4 is 18.9 Å². The van der Waals surface area contributed by atoms with Crippen molar-refractivity contribution < 1.29 is 24.1 Å². The van der Waals surface area contributed by atoms with Crippen molar-refractivity contribution in [2.24, 2.45) is 21.7 Å². The number of hydrogen-bond acceptors (Lipinski definition) is 1. The van der Waals surface area contributed by atoms with E-state index in [-0.39, 0.29) is 36.5 Å². The molecule has 0 aliphatic carbocycles. The zero-order valence-corrected chi connectivity index (χ0v) is 17.5.